The van der Waals surface area contributed by atoms with Crippen LogP contribution in [0.4, 0.5) is 0 Å². The number of hydrogen-bond donors (Lipinski definition) is 0. The summed E-state index contributed by atoms with van der Waals surface area (Å²) in [5.74, 6) is 1.59. The van der Waals surface area contributed by atoms with Gasteiger partial charge in [0.1, 0.15) is 5.76 Å². The predicted octanol–water partition coefficient (Wildman–Crippen LogP) is 4.08. The number of Topliss-reactive ketones (excluding diaryl/α,β-unsaturated/α-hetero) is 1. The maximum absolute atomic E-state index is 12.8. The van der Waals surface area contributed by atoms with Gasteiger partial charge in [-0.3, -0.25) is 14.3 Å². The van der Waals surface area contributed by atoms with Crippen molar-refractivity contribution in [2.45, 2.75) is 34.2 Å². The molecule has 0 spiro atoms. The molecule has 3 heterocycles. The summed E-state index contributed by atoms with van der Waals surface area (Å²) in [7, 11) is 1.98. The standard InChI is InChI=1S/C19H23N3O2S/c1-12-6-7-25-18(12)11-21(5)10-17(23)16-8-13(2)22(15(16)4)19-9-14(3)24-20-19/h6-9H,10-11H2,1-5H3. The van der Waals surface area contributed by atoms with Crippen molar-refractivity contribution < 1.29 is 9.32 Å². The van der Waals surface area contributed by atoms with Crippen LogP contribution >= 0.6 is 11.3 Å². The van der Waals surface area contributed by atoms with Crippen molar-refractivity contribution in [3.63, 3.8) is 0 Å². The molecule has 0 bridgehead atoms. The minimum atomic E-state index is 0.122. The summed E-state index contributed by atoms with van der Waals surface area (Å²) in [5, 5.41) is 6.16. The van der Waals surface area contributed by atoms with Gasteiger partial charge in [0.05, 0.1) is 6.54 Å². The lowest BCUT2D eigenvalue weighted by Crippen LogP contribution is -2.25. The third-order valence-corrected chi connectivity index (χ3v) is 5.38. The van der Waals surface area contributed by atoms with Crippen molar-refractivity contribution >= 4 is 17.1 Å². The summed E-state index contributed by atoms with van der Waals surface area (Å²) in [6.07, 6.45) is 0. The van der Waals surface area contributed by atoms with Crippen molar-refractivity contribution in [1.82, 2.24) is 14.6 Å². The molecule has 0 aliphatic carbocycles. The third kappa shape index (κ3) is 3.60. The van der Waals surface area contributed by atoms with E-state index in [0.29, 0.717) is 12.4 Å². The summed E-state index contributed by atoms with van der Waals surface area (Å²) in [5.41, 5.74) is 3.90. The van der Waals surface area contributed by atoms with Crippen LogP contribution in [0.3, 0.4) is 0 Å². The molecular weight excluding hydrogens is 334 g/mol. The van der Waals surface area contributed by atoms with Crippen LogP contribution in [0.1, 0.15) is 37.9 Å². The van der Waals surface area contributed by atoms with Crippen molar-refractivity contribution in [1.29, 1.82) is 0 Å². The Morgan fingerprint density at radius 2 is 2.04 bits per heavy atom. The van der Waals surface area contributed by atoms with Crippen LogP contribution < -0.4 is 0 Å². The molecule has 0 saturated carbocycles. The van der Waals surface area contributed by atoms with Crippen molar-refractivity contribution in [2.75, 3.05) is 13.6 Å². The number of ketones is 1. The zero-order chi connectivity index (χ0) is 18.1. The molecule has 0 radical (unpaired) electrons. The van der Waals surface area contributed by atoms with E-state index >= 15 is 0 Å². The molecule has 0 amide bonds. The highest BCUT2D eigenvalue weighted by Gasteiger charge is 2.19. The van der Waals surface area contributed by atoms with Gasteiger partial charge in [-0.25, -0.2) is 0 Å². The molecule has 0 atom stereocenters. The van der Waals surface area contributed by atoms with Gasteiger partial charge in [0.15, 0.2) is 11.6 Å². The predicted molar refractivity (Wildman–Crippen MR) is 99.8 cm³/mol. The first-order valence-corrected chi connectivity index (χ1v) is 9.12. The monoisotopic (exact) mass is 357 g/mol. The van der Waals surface area contributed by atoms with E-state index in [1.54, 1.807) is 11.3 Å². The zero-order valence-electron chi connectivity index (χ0n) is 15.3. The second-order valence-electron chi connectivity index (χ2n) is 6.54. The molecule has 0 aliphatic heterocycles. The second kappa shape index (κ2) is 6.98. The summed E-state index contributed by atoms with van der Waals surface area (Å²) >= 11 is 1.73. The minimum absolute atomic E-state index is 0.122. The summed E-state index contributed by atoms with van der Waals surface area (Å²) < 4.78 is 7.14. The van der Waals surface area contributed by atoms with E-state index in [-0.39, 0.29) is 5.78 Å². The Bertz CT molecular complexity index is 904. The fraction of sp³-hybridized carbons (Fsp3) is 0.368. The van der Waals surface area contributed by atoms with Crippen molar-refractivity contribution in [2.24, 2.45) is 0 Å². The maximum atomic E-state index is 12.8. The Hall–Kier alpha value is -2.18. The van der Waals surface area contributed by atoms with Gasteiger partial charge in [-0.15, -0.1) is 11.3 Å². The van der Waals surface area contributed by atoms with Crippen LogP contribution in [-0.4, -0.2) is 34.0 Å². The quantitative estimate of drug-likeness (QED) is 0.624. The van der Waals surface area contributed by atoms with Crippen molar-refractivity contribution in [3.8, 4) is 5.82 Å². The number of thiophene rings is 1. The highest BCUT2D eigenvalue weighted by molar-refractivity contribution is 7.10. The second-order valence-corrected chi connectivity index (χ2v) is 7.54. The highest BCUT2D eigenvalue weighted by atomic mass is 32.1. The average molecular weight is 357 g/mol. The van der Waals surface area contributed by atoms with E-state index in [1.807, 2.05) is 44.5 Å². The molecule has 0 saturated heterocycles. The number of aromatic nitrogens is 2. The smallest absolute Gasteiger partial charge is 0.180 e. The molecule has 0 unspecified atom stereocenters. The molecule has 25 heavy (non-hydrogen) atoms. The number of likely N-dealkylation sites (N-methyl/N-ethyl adjacent to an activating group) is 1. The molecule has 0 N–H and O–H groups in total. The van der Waals surface area contributed by atoms with Gasteiger partial charge in [0, 0.05) is 34.4 Å². The number of carbonyl (C=O) groups is 1. The fourth-order valence-corrected chi connectivity index (χ4v) is 4.04. The summed E-state index contributed by atoms with van der Waals surface area (Å²) in [4.78, 5) is 16.2. The Morgan fingerprint density at radius 3 is 2.64 bits per heavy atom. The molecule has 0 aromatic carbocycles. The first-order valence-electron chi connectivity index (χ1n) is 8.24. The molecule has 132 valence electrons. The molecule has 0 fully saturated rings. The minimum Gasteiger partial charge on any atom is -0.360 e. The molecule has 3 aromatic heterocycles. The summed E-state index contributed by atoms with van der Waals surface area (Å²) in [6.45, 7) is 9.07. The van der Waals surface area contributed by atoms with Crippen LogP contribution in [0.5, 0.6) is 0 Å². The van der Waals surface area contributed by atoms with E-state index in [2.05, 4.69) is 28.4 Å². The van der Waals surface area contributed by atoms with E-state index < -0.39 is 0 Å². The lowest BCUT2D eigenvalue weighted by Gasteiger charge is -2.15. The number of hydrogen-bond acceptors (Lipinski definition) is 5. The van der Waals surface area contributed by atoms with Crippen LogP contribution in [0, 0.1) is 27.7 Å². The number of carbonyl (C=O) groups excluding carboxylic acids is 1. The van der Waals surface area contributed by atoms with Gasteiger partial charge in [-0.1, -0.05) is 5.16 Å². The Balaban J connectivity index is 1.77. The zero-order valence-corrected chi connectivity index (χ0v) is 16.1. The van der Waals surface area contributed by atoms with E-state index in [9.17, 15) is 4.79 Å². The topological polar surface area (TPSA) is 51.3 Å². The third-order valence-electron chi connectivity index (χ3n) is 4.37. The molecule has 6 heteroatoms. The van der Waals surface area contributed by atoms with Crippen LogP contribution in [0.25, 0.3) is 5.82 Å². The van der Waals surface area contributed by atoms with Gasteiger partial charge in [-0.05, 0) is 57.8 Å². The molecule has 3 aromatic rings. The Morgan fingerprint density at radius 1 is 1.28 bits per heavy atom. The first kappa shape index (κ1) is 17.6. The van der Waals surface area contributed by atoms with Gasteiger partial charge < -0.3 is 4.52 Å². The van der Waals surface area contributed by atoms with E-state index in [1.165, 1.54) is 10.4 Å². The van der Waals surface area contributed by atoms with Crippen LogP contribution in [0.15, 0.2) is 28.1 Å². The molecular formula is C19H23N3O2S. The molecule has 5 nitrogen and oxygen atoms in total. The largest absolute Gasteiger partial charge is 0.360 e. The number of aryl methyl sites for hydroxylation is 3. The molecule has 0 aliphatic rings. The average Bonchev–Trinajstić information content (AvgIpc) is 3.20. The molecule has 3 rings (SSSR count). The SMILES string of the molecule is Cc1cc(-n2c(C)cc(C(=O)CN(C)Cc3sccc3C)c2C)no1. The van der Waals surface area contributed by atoms with Crippen molar-refractivity contribution in [3.05, 3.63) is 56.7 Å². The van der Waals surface area contributed by atoms with Gasteiger partial charge >= 0.3 is 0 Å². The lowest BCUT2D eigenvalue weighted by molar-refractivity contribution is 0.0943. The number of rotatable bonds is 6. The van der Waals surface area contributed by atoms with E-state index in [0.717, 1.165) is 29.3 Å². The fourth-order valence-electron chi connectivity index (χ4n) is 3.05. The maximum Gasteiger partial charge on any atom is 0.180 e. The van der Waals surface area contributed by atoms with Gasteiger partial charge in [0.2, 0.25) is 0 Å². The van der Waals surface area contributed by atoms with Crippen LogP contribution in [0.2, 0.25) is 0 Å². The Labute approximate surface area is 151 Å². The Kier molecular flexibility index (Phi) is 4.92. The first-order chi connectivity index (χ1) is 11.9. The summed E-state index contributed by atoms with van der Waals surface area (Å²) in [6, 6.07) is 5.93. The highest BCUT2D eigenvalue weighted by Crippen LogP contribution is 2.22. The van der Waals surface area contributed by atoms with Gasteiger partial charge in [-0.2, -0.15) is 0 Å². The lowest BCUT2D eigenvalue weighted by atomic mass is 10.1. The van der Waals surface area contributed by atoms with E-state index in [4.69, 9.17) is 4.52 Å². The van der Waals surface area contributed by atoms with Gasteiger partial charge in [0.25, 0.3) is 0 Å². The van der Waals surface area contributed by atoms with Crippen LogP contribution in [-0.2, 0) is 6.54 Å². The normalized spacial score (nSPS) is 11.4. The number of nitrogens with zero attached hydrogens (tertiary/aromatic N) is 3.